The van der Waals surface area contributed by atoms with E-state index >= 15 is 0 Å². The van der Waals surface area contributed by atoms with Crippen molar-refractivity contribution in [2.75, 3.05) is 17.2 Å². The molecule has 2 aromatic carbocycles. The molecule has 1 aliphatic heterocycles. The molecule has 98 valence electrons. The Labute approximate surface area is 122 Å². The van der Waals surface area contributed by atoms with Crippen LogP contribution < -0.4 is 10.6 Å². The number of halogens is 1. The van der Waals surface area contributed by atoms with E-state index in [2.05, 4.69) is 58.1 Å². The SMILES string of the molecule is Cc1ccc(N2CCc3ccc(N)cc3C2)cc1Br. The number of hydrogen-bond acceptors (Lipinski definition) is 2. The third-order valence-corrected chi connectivity index (χ3v) is 4.62. The van der Waals surface area contributed by atoms with Gasteiger partial charge in [0.15, 0.2) is 0 Å². The van der Waals surface area contributed by atoms with Gasteiger partial charge in [0, 0.05) is 28.9 Å². The van der Waals surface area contributed by atoms with Gasteiger partial charge in [0.2, 0.25) is 0 Å². The fourth-order valence-electron chi connectivity index (χ4n) is 2.58. The Kier molecular flexibility index (Phi) is 3.23. The Morgan fingerprint density at radius 2 is 1.95 bits per heavy atom. The maximum absolute atomic E-state index is 5.88. The first-order valence-electron chi connectivity index (χ1n) is 6.52. The minimum Gasteiger partial charge on any atom is -0.399 e. The molecule has 2 aromatic rings. The molecule has 0 saturated carbocycles. The summed E-state index contributed by atoms with van der Waals surface area (Å²) in [6.45, 7) is 4.11. The van der Waals surface area contributed by atoms with Gasteiger partial charge in [-0.05, 0) is 54.3 Å². The lowest BCUT2D eigenvalue weighted by molar-refractivity contribution is 0.732. The smallest absolute Gasteiger partial charge is 0.0433 e. The minimum atomic E-state index is 0.852. The number of nitrogens with zero attached hydrogens (tertiary/aromatic N) is 1. The molecule has 1 aliphatic rings. The van der Waals surface area contributed by atoms with Crippen molar-refractivity contribution in [1.29, 1.82) is 0 Å². The van der Waals surface area contributed by atoms with Crippen molar-refractivity contribution in [3.63, 3.8) is 0 Å². The number of nitrogen functional groups attached to an aromatic ring is 1. The molecule has 0 aromatic heterocycles. The Morgan fingerprint density at radius 3 is 2.74 bits per heavy atom. The van der Waals surface area contributed by atoms with Gasteiger partial charge in [-0.1, -0.05) is 28.1 Å². The Hall–Kier alpha value is -1.48. The monoisotopic (exact) mass is 316 g/mol. The lowest BCUT2D eigenvalue weighted by atomic mass is 9.98. The molecule has 3 heteroatoms. The van der Waals surface area contributed by atoms with Crippen LogP contribution in [-0.2, 0) is 13.0 Å². The van der Waals surface area contributed by atoms with E-state index in [0.717, 1.165) is 25.2 Å². The first-order chi connectivity index (χ1) is 9.13. The average Bonchev–Trinajstić information content (AvgIpc) is 2.41. The summed E-state index contributed by atoms with van der Waals surface area (Å²) in [4.78, 5) is 2.41. The lowest BCUT2D eigenvalue weighted by Gasteiger charge is -2.31. The number of hydrogen-bond donors (Lipinski definition) is 1. The zero-order valence-electron chi connectivity index (χ0n) is 11.0. The highest BCUT2D eigenvalue weighted by Gasteiger charge is 2.17. The van der Waals surface area contributed by atoms with Gasteiger partial charge in [-0.2, -0.15) is 0 Å². The van der Waals surface area contributed by atoms with Crippen molar-refractivity contribution in [3.05, 3.63) is 57.6 Å². The number of anilines is 2. The van der Waals surface area contributed by atoms with E-state index in [9.17, 15) is 0 Å². The first kappa shape index (κ1) is 12.5. The number of rotatable bonds is 1. The third kappa shape index (κ3) is 2.47. The maximum Gasteiger partial charge on any atom is 0.0433 e. The molecule has 0 unspecified atom stereocenters. The predicted molar refractivity (Wildman–Crippen MR) is 84.5 cm³/mol. The summed E-state index contributed by atoms with van der Waals surface area (Å²) in [6, 6.07) is 12.8. The fraction of sp³-hybridized carbons (Fsp3) is 0.250. The van der Waals surface area contributed by atoms with Gasteiger partial charge in [0.05, 0.1) is 0 Å². The van der Waals surface area contributed by atoms with E-state index in [4.69, 9.17) is 5.73 Å². The highest BCUT2D eigenvalue weighted by Crippen LogP contribution is 2.28. The molecule has 1 heterocycles. The Bertz CT molecular complexity index is 622. The van der Waals surface area contributed by atoms with E-state index in [1.54, 1.807) is 0 Å². The quantitative estimate of drug-likeness (QED) is 0.808. The predicted octanol–water partition coefficient (Wildman–Crippen LogP) is 3.90. The second-order valence-corrected chi connectivity index (χ2v) is 5.99. The van der Waals surface area contributed by atoms with Crippen molar-refractivity contribution < 1.29 is 0 Å². The van der Waals surface area contributed by atoms with Gasteiger partial charge in [-0.3, -0.25) is 0 Å². The number of nitrogens with two attached hydrogens (primary N) is 1. The molecule has 0 bridgehead atoms. The van der Waals surface area contributed by atoms with Gasteiger partial charge in [0.25, 0.3) is 0 Å². The molecule has 0 spiro atoms. The molecule has 0 radical (unpaired) electrons. The average molecular weight is 317 g/mol. The van der Waals surface area contributed by atoms with Crippen LogP contribution in [0.15, 0.2) is 40.9 Å². The van der Waals surface area contributed by atoms with Gasteiger partial charge in [-0.15, -0.1) is 0 Å². The van der Waals surface area contributed by atoms with E-state index in [1.165, 1.54) is 26.9 Å². The molecule has 2 nitrogen and oxygen atoms in total. The summed E-state index contributed by atoms with van der Waals surface area (Å²) in [6.07, 6.45) is 1.08. The fourth-order valence-corrected chi connectivity index (χ4v) is 2.94. The van der Waals surface area contributed by atoms with Crippen LogP contribution in [0.25, 0.3) is 0 Å². The van der Waals surface area contributed by atoms with Crippen molar-refractivity contribution >= 4 is 27.3 Å². The van der Waals surface area contributed by atoms with Crippen LogP contribution in [0.2, 0.25) is 0 Å². The number of benzene rings is 2. The normalized spacial score (nSPS) is 14.3. The molecule has 0 atom stereocenters. The van der Waals surface area contributed by atoms with Crippen molar-refractivity contribution in [3.8, 4) is 0 Å². The molecule has 3 rings (SSSR count). The molecule has 0 saturated heterocycles. The van der Waals surface area contributed by atoms with Gasteiger partial charge >= 0.3 is 0 Å². The zero-order valence-corrected chi connectivity index (χ0v) is 12.6. The zero-order chi connectivity index (χ0) is 13.4. The molecule has 0 aliphatic carbocycles. The Morgan fingerprint density at radius 1 is 1.11 bits per heavy atom. The largest absolute Gasteiger partial charge is 0.399 e. The summed E-state index contributed by atoms with van der Waals surface area (Å²) in [7, 11) is 0. The van der Waals surface area contributed by atoms with Crippen molar-refractivity contribution in [2.45, 2.75) is 19.9 Å². The van der Waals surface area contributed by atoms with Crippen LogP contribution in [0, 0.1) is 6.92 Å². The summed E-state index contributed by atoms with van der Waals surface area (Å²) in [5.41, 5.74) is 12.1. The topological polar surface area (TPSA) is 29.3 Å². The van der Waals surface area contributed by atoms with Crippen LogP contribution in [0.5, 0.6) is 0 Å². The summed E-state index contributed by atoms with van der Waals surface area (Å²) < 4.78 is 1.17. The van der Waals surface area contributed by atoms with Crippen LogP contribution in [-0.4, -0.2) is 6.54 Å². The number of fused-ring (bicyclic) bond motifs is 1. The standard InChI is InChI=1S/C16H17BrN2/c1-11-2-5-15(9-16(11)17)19-7-6-12-3-4-14(18)8-13(12)10-19/h2-5,8-9H,6-7,10,18H2,1H3. The highest BCUT2D eigenvalue weighted by molar-refractivity contribution is 9.10. The third-order valence-electron chi connectivity index (χ3n) is 3.76. The number of aryl methyl sites for hydroxylation is 1. The molecule has 0 fully saturated rings. The van der Waals surface area contributed by atoms with E-state index in [0.29, 0.717) is 0 Å². The van der Waals surface area contributed by atoms with Gasteiger partial charge in [-0.25, -0.2) is 0 Å². The Balaban J connectivity index is 1.90. The van der Waals surface area contributed by atoms with Crippen LogP contribution >= 0.6 is 15.9 Å². The van der Waals surface area contributed by atoms with Crippen molar-refractivity contribution in [2.24, 2.45) is 0 Å². The van der Waals surface area contributed by atoms with Crippen LogP contribution in [0.1, 0.15) is 16.7 Å². The van der Waals surface area contributed by atoms with Crippen molar-refractivity contribution in [1.82, 2.24) is 0 Å². The highest BCUT2D eigenvalue weighted by atomic mass is 79.9. The van der Waals surface area contributed by atoms with Crippen LogP contribution in [0.3, 0.4) is 0 Å². The molecular formula is C16H17BrN2. The maximum atomic E-state index is 5.88. The summed E-state index contributed by atoms with van der Waals surface area (Å²) >= 11 is 3.61. The van der Waals surface area contributed by atoms with Gasteiger partial charge in [0.1, 0.15) is 0 Å². The van der Waals surface area contributed by atoms with Crippen LogP contribution in [0.4, 0.5) is 11.4 Å². The van der Waals surface area contributed by atoms with Gasteiger partial charge < -0.3 is 10.6 Å². The summed E-state index contributed by atoms with van der Waals surface area (Å²) in [5, 5.41) is 0. The van der Waals surface area contributed by atoms with E-state index in [-0.39, 0.29) is 0 Å². The second-order valence-electron chi connectivity index (χ2n) is 5.13. The molecule has 2 N–H and O–H groups in total. The summed E-state index contributed by atoms with van der Waals surface area (Å²) in [5.74, 6) is 0. The van der Waals surface area contributed by atoms with E-state index < -0.39 is 0 Å². The molecule has 0 amide bonds. The molecule has 19 heavy (non-hydrogen) atoms. The second kappa shape index (κ2) is 4.89. The molecular weight excluding hydrogens is 300 g/mol. The first-order valence-corrected chi connectivity index (χ1v) is 7.31. The lowest BCUT2D eigenvalue weighted by Crippen LogP contribution is -2.30. The minimum absolute atomic E-state index is 0.852. The van der Waals surface area contributed by atoms with E-state index in [1.807, 2.05) is 6.07 Å².